The summed E-state index contributed by atoms with van der Waals surface area (Å²) in [6.07, 6.45) is -5.72. The zero-order valence-electron chi connectivity index (χ0n) is 29.9. The van der Waals surface area contributed by atoms with Gasteiger partial charge in [0.05, 0.1) is 23.6 Å². The maximum absolute atomic E-state index is 15.5. The van der Waals surface area contributed by atoms with E-state index in [1.165, 1.54) is 24.3 Å². The van der Waals surface area contributed by atoms with E-state index in [9.17, 15) is 48.4 Å². The molecule has 2 aromatic heterocycles. The number of ketones is 1. The van der Waals surface area contributed by atoms with Crippen molar-refractivity contribution in [2.24, 2.45) is 0 Å². The van der Waals surface area contributed by atoms with Crippen molar-refractivity contribution in [1.82, 2.24) is 34.1 Å². The number of aliphatic hydroxyl groups excluding tert-OH is 2. The summed E-state index contributed by atoms with van der Waals surface area (Å²) in [6.45, 7) is 4.54. The zero-order valence-corrected chi connectivity index (χ0v) is 29.9. The largest absolute Gasteiger partial charge is 0.508 e. The monoisotopic (exact) mass is 771 g/mol. The van der Waals surface area contributed by atoms with Crippen molar-refractivity contribution < 1.29 is 47.9 Å². The molecule has 0 spiro atoms. The van der Waals surface area contributed by atoms with E-state index >= 15 is 4.39 Å². The first-order valence-electron chi connectivity index (χ1n) is 17.5. The molecule has 294 valence electrons. The fourth-order valence-corrected chi connectivity index (χ4v) is 6.69. The Balaban J connectivity index is 1.01. The molecule has 16 nitrogen and oxygen atoms in total. The number of ether oxygens (including phenoxy) is 1. The highest BCUT2D eigenvalue weighted by molar-refractivity contribution is 5.86. The van der Waals surface area contributed by atoms with Crippen LogP contribution in [0.4, 0.5) is 13.2 Å². The molecule has 2 aromatic carbocycles. The molecule has 55 heavy (non-hydrogen) atoms. The number of H-pyrrole nitrogens is 1. The van der Waals surface area contributed by atoms with Gasteiger partial charge in [0.15, 0.2) is 11.9 Å². The number of nitrogens with zero attached hydrogens (tertiary/aromatic N) is 6. The van der Waals surface area contributed by atoms with E-state index in [2.05, 4.69) is 15.2 Å². The predicted molar refractivity (Wildman–Crippen MR) is 187 cm³/mol. The number of hydrogen-bond acceptors (Lipinski definition) is 12. The van der Waals surface area contributed by atoms with Gasteiger partial charge in [-0.2, -0.15) is 18.9 Å². The number of carbonyl (C=O) groups excluding carboxylic acids is 2. The first-order chi connectivity index (χ1) is 26.1. The first-order valence-corrected chi connectivity index (χ1v) is 17.5. The van der Waals surface area contributed by atoms with Crippen LogP contribution in [-0.2, 0) is 27.3 Å². The van der Waals surface area contributed by atoms with Crippen LogP contribution in [0.15, 0.2) is 52.2 Å². The minimum Gasteiger partial charge on any atom is -0.508 e. The number of piperazine rings is 1. The number of nitrogens with one attached hydrogen (secondary N) is 1. The molecule has 0 bridgehead atoms. The summed E-state index contributed by atoms with van der Waals surface area (Å²) in [5, 5.41) is 46.1. The quantitative estimate of drug-likeness (QED) is 0.139. The highest BCUT2D eigenvalue weighted by atomic mass is 19.3. The van der Waals surface area contributed by atoms with E-state index in [-0.39, 0.29) is 71.9 Å². The van der Waals surface area contributed by atoms with E-state index in [0.29, 0.717) is 41.9 Å². The van der Waals surface area contributed by atoms with Gasteiger partial charge in [-0.05, 0) is 35.7 Å². The number of aromatic nitrogens is 5. The number of benzene rings is 2. The molecule has 0 aliphatic carbocycles. The van der Waals surface area contributed by atoms with Crippen molar-refractivity contribution in [2.75, 3.05) is 32.8 Å². The molecular formula is C36H40F3N7O9. The topological polar surface area (TPSA) is 216 Å². The number of aromatic hydroxyl groups is 2. The maximum Gasteiger partial charge on any atom is 0.350 e. The molecule has 4 aromatic rings. The van der Waals surface area contributed by atoms with Crippen LogP contribution in [0.1, 0.15) is 55.7 Å². The SMILES string of the molecule is CC(C)c1cc(-c2n[nH]c(=O)n2-c2ccc(CN3CCN(C(=O)CCC(=O)Cc4ccn([C@@H]5O[C@H](CO)[C@@H](O)C5(F)F)c(=O)n4)CC3)c(F)c2)c(O)cc1O. The molecule has 2 aliphatic rings. The summed E-state index contributed by atoms with van der Waals surface area (Å²) in [7, 11) is 0. The number of aromatic amines is 1. The second-order valence-corrected chi connectivity index (χ2v) is 13.9. The van der Waals surface area contributed by atoms with Gasteiger partial charge in [0.2, 0.25) is 12.1 Å². The molecule has 0 radical (unpaired) electrons. The van der Waals surface area contributed by atoms with Crippen molar-refractivity contribution in [3.05, 3.63) is 86.2 Å². The van der Waals surface area contributed by atoms with Crippen molar-refractivity contribution in [2.45, 2.75) is 69.9 Å². The smallest absolute Gasteiger partial charge is 0.350 e. The van der Waals surface area contributed by atoms with Gasteiger partial charge in [0.25, 0.3) is 0 Å². The second kappa shape index (κ2) is 15.8. The van der Waals surface area contributed by atoms with Crippen LogP contribution >= 0.6 is 0 Å². The number of phenols is 2. The fraction of sp³-hybridized carbons (Fsp3) is 0.444. The second-order valence-electron chi connectivity index (χ2n) is 13.9. The molecule has 4 heterocycles. The maximum atomic E-state index is 15.5. The van der Waals surface area contributed by atoms with E-state index < -0.39 is 53.9 Å². The Labute approximate surface area is 311 Å². The van der Waals surface area contributed by atoms with Crippen LogP contribution in [-0.4, -0.2) is 117 Å². The Morgan fingerprint density at radius 1 is 1.04 bits per heavy atom. The fourth-order valence-electron chi connectivity index (χ4n) is 6.69. The Kier molecular flexibility index (Phi) is 11.3. The zero-order chi connectivity index (χ0) is 39.8. The molecule has 2 fully saturated rings. The normalized spacial score (nSPS) is 20.0. The Morgan fingerprint density at radius 3 is 2.40 bits per heavy atom. The molecule has 0 unspecified atom stereocenters. The van der Waals surface area contributed by atoms with Crippen LogP contribution in [0, 0.1) is 5.82 Å². The lowest BCUT2D eigenvalue weighted by Crippen LogP contribution is -2.48. The Hall–Kier alpha value is -5.37. The number of carbonyl (C=O) groups is 2. The third kappa shape index (κ3) is 8.05. The number of aliphatic hydroxyl groups is 2. The number of Topliss-reactive ketones (excluding diaryl/α,β-unsaturated/α-hetero) is 1. The van der Waals surface area contributed by atoms with Gasteiger partial charge in [0, 0.05) is 69.8 Å². The standard InChI is InChI=1S/C36H40F3N7O9/c1-19(2)24-15-25(28(50)16-27(24)49)32-41-42-35(54)46(32)22-4-3-20(26(37)14-22)17-43-9-11-44(12-10-43)30(51)6-5-23(48)13-21-7-8-45(34(53)40-21)33-36(38,39)31(52)29(18-47)55-33/h3-4,7-8,14-16,19,29,31,33,47,49-50,52H,5-6,9-13,17-18H2,1-2H3,(H,42,54)/t29-,31-,33-/m1/s1. The van der Waals surface area contributed by atoms with Crippen LogP contribution in [0.3, 0.4) is 0 Å². The van der Waals surface area contributed by atoms with Gasteiger partial charge in [-0.1, -0.05) is 19.9 Å². The number of amides is 1. The lowest BCUT2D eigenvalue weighted by atomic mass is 9.98. The summed E-state index contributed by atoms with van der Waals surface area (Å²) in [5.74, 6) is -5.62. The lowest BCUT2D eigenvalue weighted by Gasteiger charge is -2.35. The molecule has 5 N–H and O–H groups in total. The summed E-state index contributed by atoms with van der Waals surface area (Å²) in [5.41, 5.74) is -0.580. The third-order valence-electron chi connectivity index (χ3n) is 9.79. The van der Waals surface area contributed by atoms with Crippen molar-refractivity contribution in [3.63, 3.8) is 0 Å². The molecule has 19 heteroatoms. The molecule has 0 saturated carbocycles. The average molecular weight is 772 g/mol. The Morgan fingerprint density at radius 2 is 1.76 bits per heavy atom. The van der Waals surface area contributed by atoms with Crippen LogP contribution in [0.25, 0.3) is 17.1 Å². The molecule has 2 saturated heterocycles. The van der Waals surface area contributed by atoms with Gasteiger partial charge < -0.3 is 30.1 Å². The van der Waals surface area contributed by atoms with Crippen LogP contribution < -0.4 is 11.4 Å². The first kappa shape index (κ1) is 39.3. The van der Waals surface area contributed by atoms with E-state index in [0.717, 1.165) is 10.8 Å². The van der Waals surface area contributed by atoms with E-state index in [4.69, 9.17) is 4.74 Å². The summed E-state index contributed by atoms with van der Waals surface area (Å²) < 4.78 is 50.9. The van der Waals surface area contributed by atoms with Gasteiger partial charge >= 0.3 is 17.3 Å². The summed E-state index contributed by atoms with van der Waals surface area (Å²) >= 11 is 0. The summed E-state index contributed by atoms with van der Waals surface area (Å²) in [4.78, 5) is 58.0. The van der Waals surface area contributed by atoms with Gasteiger partial charge in [-0.3, -0.25) is 19.1 Å². The number of hydrogen-bond donors (Lipinski definition) is 5. The summed E-state index contributed by atoms with van der Waals surface area (Å²) in [6, 6.07) is 8.17. The van der Waals surface area contributed by atoms with E-state index in [1.807, 2.05) is 18.7 Å². The predicted octanol–water partition coefficient (Wildman–Crippen LogP) is 1.58. The van der Waals surface area contributed by atoms with Gasteiger partial charge in [-0.25, -0.2) is 23.6 Å². The molecule has 3 atom stereocenters. The highest BCUT2D eigenvalue weighted by Crippen LogP contribution is 2.42. The minimum absolute atomic E-state index is 0.00211. The van der Waals surface area contributed by atoms with Crippen molar-refractivity contribution >= 4 is 11.7 Å². The minimum atomic E-state index is -3.87. The highest BCUT2D eigenvalue weighted by Gasteiger charge is 2.59. The van der Waals surface area contributed by atoms with E-state index in [1.54, 1.807) is 17.0 Å². The number of halogens is 3. The van der Waals surface area contributed by atoms with Gasteiger partial charge in [0.1, 0.15) is 29.2 Å². The number of alkyl halides is 2. The van der Waals surface area contributed by atoms with Crippen molar-refractivity contribution in [3.8, 4) is 28.6 Å². The average Bonchev–Trinajstić information content (AvgIpc) is 3.63. The number of phenolic OH excluding ortho intramolecular Hbond substituents is 2. The van der Waals surface area contributed by atoms with Gasteiger partial charge in [-0.15, -0.1) is 0 Å². The Bertz CT molecular complexity index is 2200. The molecule has 6 rings (SSSR count). The lowest BCUT2D eigenvalue weighted by molar-refractivity contribution is -0.141. The molecule has 2 aliphatic heterocycles. The third-order valence-corrected chi connectivity index (χ3v) is 9.79. The van der Waals surface area contributed by atoms with Crippen LogP contribution in [0.2, 0.25) is 0 Å². The molecular weight excluding hydrogens is 731 g/mol. The molecule has 1 amide bonds. The van der Waals surface area contributed by atoms with Crippen molar-refractivity contribution in [1.29, 1.82) is 0 Å². The number of rotatable bonds is 12. The van der Waals surface area contributed by atoms with Crippen LogP contribution in [0.5, 0.6) is 11.5 Å².